The highest BCUT2D eigenvalue weighted by Gasteiger charge is 2.17. The number of pyridine rings is 1. The van der Waals surface area contributed by atoms with Crippen molar-refractivity contribution in [2.24, 2.45) is 12.0 Å². The van der Waals surface area contributed by atoms with Crippen molar-refractivity contribution in [3.63, 3.8) is 0 Å². The van der Waals surface area contributed by atoms with Crippen LogP contribution in [0.1, 0.15) is 43.9 Å². The van der Waals surface area contributed by atoms with Crippen LogP contribution in [0.25, 0.3) is 0 Å². The van der Waals surface area contributed by atoms with Crippen molar-refractivity contribution >= 4 is 5.96 Å². The minimum atomic E-state index is 0.319. The molecular weight excluding hydrogens is 328 g/mol. The number of hydrogen-bond acceptors (Lipinski definition) is 4. The molecule has 0 aliphatic heterocycles. The van der Waals surface area contributed by atoms with Gasteiger partial charge in [-0.05, 0) is 50.3 Å². The smallest absolute Gasteiger partial charge is 0.213 e. The number of ether oxygens (including phenoxy) is 1. The van der Waals surface area contributed by atoms with Gasteiger partial charge in [-0.25, -0.2) is 9.98 Å². The van der Waals surface area contributed by atoms with Crippen molar-refractivity contribution < 1.29 is 4.74 Å². The van der Waals surface area contributed by atoms with E-state index in [1.165, 1.54) is 12.8 Å². The molecule has 7 heteroatoms. The zero-order valence-electron chi connectivity index (χ0n) is 15.6. The Morgan fingerprint density at radius 1 is 1.27 bits per heavy atom. The molecule has 2 heterocycles. The molecule has 0 spiro atoms. The van der Waals surface area contributed by atoms with E-state index in [0.29, 0.717) is 25.1 Å². The number of rotatable bonds is 7. The highest BCUT2D eigenvalue weighted by Crippen LogP contribution is 2.23. The zero-order chi connectivity index (χ0) is 18.2. The lowest BCUT2D eigenvalue weighted by molar-refractivity contribution is 0.201. The van der Waals surface area contributed by atoms with E-state index in [9.17, 15) is 0 Å². The second-order valence-corrected chi connectivity index (χ2v) is 6.52. The van der Waals surface area contributed by atoms with Gasteiger partial charge in [0.1, 0.15) is 6.10 Å². The van der Waals surface area contributed by atoms with Gasteiger partial charge >= 0.3 is 0 Å². The van der Waals surface area contributed by atoms with Crippen LogP contribution in [0.2, 0.25) is 0 Å². The van der Waals surface area contributed by atoms with Gasteiger partial charge in [-0.2, -0.15) is 5.10 Å². The molecule has 1 aliphatic carbocycles. The molecule has 1 saturated carbocycles. The van der Waals surface area contributed by atoms with Crippen LogP contribution in [-0.2, 0) is 20.1 Å². The quantitative estimate of drug-likeness (QED) is 0.588. The molecule has 26 heavy (non-hydrogen) atoms. The summed E-state index contributed by atoms with van der Waals surface area (Å²) in [6.45, 7) is 4.11. The van der Waals surface area contributed by atoms with Crippen molar-refractivity contribution in [1.29, 1.82) is 0 Å². The first-order valence-corrected chi connectivity index (χ1v) is 9.35. The number of aliphatic imine (C=N–C) groups is 1. The summed E-state index contributed by atoms with van der Waals surface area (Å²) < 4.78 is 7.83. The van der Waals surface area contributed by atoms with Gasteiger partial charge in [-0.15, -0.1) is 0 Å². The van der Waals surface area contributed by atoms with E-state index in [2.05, 4.69) is 32.6 Å². The van der Waals surface area contributed by atoms with Crippen LogP contribution in [0.4, 0.5) is 0 Å². The number of aromatic nitrogens is 3. The molecule has 7 nitrogen and oxygen atoms in total. The highest BCUT2D eigenvalue weighted by atomic mass is 16.5. The summed E-state index contributed by atoms with van der Waals surface area (Å²) in [5, 5.41) is 10.8. The van der Waals surface area contributed by atoms with E-state index in [1.807, 2.05) is 29.9 Å². The van der Waals surface area contributed by atoms with E-state index in [-0.39, 0.29) is 0 Å². The molecule has 140 valence electrons. The number of nitrogens with zero attached hydrogens (tertiary/aromatic N) is 4. The second kappa shape index (κ2) is 9.22. The zero-order valence-corrected chi connectivity index (χ0v) is 15.6. The topological polar surface area (TPSA) is 76.4 Å². The maximum Gasteiger partial charge on any atom is 0.213 e. The first-order valence-electron chi connectivity index (χ1n) is 9.35. The summed E-state index contributed by atoms with van der Waals surface area (Å²) in [5.41, 5.74) is 2.19. The van der Waals surface area contributed by atoms with Crippen LogP contribution in [0, 0.1) is 0 Å². The minimum absolute atomic E-state index is 0.319. The lowest BCUT2D eigenvalue weighted by atomic mass is 10.2. The Morgan fingerprint density at radius 2 is 2.12 bits per heavy atom. The summed E-state index contributed by atoms with van der Waals surface area (Å²) >= 11 is 0. The molecule has 2 aromatic rings. The Labute approximate surface area is 154 Å². The first-order chi connectivity index (χ1) is 12.7. The Hall–Kier alpha value is -2.57. The van der Waals surface area contributed by atoms with Crippen LogP contribution < -0.4 is 15.4 Å². The first kappa shape index (κ1) is 18.2. The van der Waals surface area contributed by atoms with Crippen LogP contribution in [0.3, 0.4) is 0 Å². The third-order valence-electron chi connectivity index (χ3n) is 4.51. The molecule has 0 amide bonds. The van der Waals surface area contributed by atoms with Gasteiger partial charge in [0.05, 0.1) is 18.8 Å². The maximum absolute atomic E-state index is 5.98. The molecule has 1 fully saturated rings. The molecule has 0 atom stereocenters. The number of nitrogens with one attached hydrogen (secondary N) is 2. The third kappa shape index (κ3) is 5.21. The molecule has 3 rings (SSSR count). The Morgan fingerprint density at radius 3 is 2.85 bits per heavy atom. The predicted molar refractivity (Wildman–Crippen MR) is 102 cm³/mol. The summed E-state index contributed by atoms with van der Waals surface area (Å²) in [5.74, 6) is 1.49. The van der Waals surface area contributed by atoms with Crippen LogP contribution in [0.5, 0.6) is 5.88 Å². The lowest BCUT2D eigenvalue weighted by Gasteiger charge is -2.13. The fraction of sp³-hybridized carbons (Fsp3) is 0.526. The van der Waals surface area contributed by atoms with Crippen LogP contribution >= 0.6 is 0 Å². The minimum Gasteiger partial charge on any atom is -0.474 e. The fourth-order valence-corrected chi connectivity index (χ4v) is 3.05. The normalized spacial score (nSPS) is 15.2. The monoisotopic (exact) mass is 356 g/mol. The summed E-state index contributed by atoms with van der Waals surface area (Å²) in [6.07, 6.45) is 8.68. The van der Waals surface area contributed by atoms with E-state index < -0.39 is 0 Å². The maximum atomic E-state index is 5.98. The SMILES string of the molecule is CCNC(=NCc1ccnc(OC2CCCC2)c1)NCc1ccnn1C. The van der Waals surface area contributed by atoms with Crippen molar-refractivity contribution in [3.8, 4) is 5.88 Å². The molecule has 0 saturated heterocycles. The number of aryl methyl sites for hydroxylation is 1. The molecule has 2 aromatic heterocycles. The van der Waals surface area contributed by atoms with Gasteiger partial charge in [0.15, 0.2) is 5.96 Å². The average molecular weight is 356 g/mol. The van der Waals surface area contributed by atoms with Gasteiger partial charge in [0, 0.05) is 32.1 Å². The highest BCUT2D eigenvalue weighted by molar-refractivity contribution is 5.79. The molecule has 2 N–H and O–H groups in total. The third-order valence-corrected chi connectivity index (χ3v) is 4.51. The van der Waals surface area contributed by atoms with Crippen molar-refractivity contribution in [3.05, 3.63) is 41.9 Å². The van der Waals surface area contributed by atoms with Crippen molar-refractivity contribution in [1.82, 2.24) is 25.4 Å². The van der Waals surface area contributed by atoms with E-state index in [0.717, 1.165) is 36.6 Å². The van der Waals surface area contributed by atoms with E-state index >= 15 is 0 Å². The van der Waals surface area contributed by atoms with Gasteiger partial charge in [0.2, 0.25) is 5.88 Å². The van der Waals surface area contributed by atoms with Crippen molar-refractivity contribution in [2.75, 3.05) is 6.54 Å². The second-order valence-electron chi connectivity index (χ2n) is 6.52. The molecule has 0 unspecified atom stereocenters. The average Bonchev–Trinajstić information content (AvgIpc) is 3.29. The lowest BCUT2D eigenvalue weighted by Crippen LogP contribution is -2.37. The van der Waals surface area contributed by atoms with E-state index in [4.69, 9.17) is 4.74 Å². The Balaban J connectivity index is 1.58. The standard InChI is InChI=1S/C19H28N6O/c1-3-20-19(23-14-16-9-11-24-25(16)2)22-13-15-8-10-21-18(12-15)26-17-6-4-5-7-17/h8-12,17H,3-7,13-14H2,1-2H3,(H2,20,22,23). The predicted octanol–water partition coefficient (Wildman–Crippen LogP) is 2.39. The fourth-order valence-electron chi connectivity index (χ4n) is 3.05. The van der Waals surface area contributed by atoms with Crippen molar-refractivity contribution in [2.45, 2.75) is 51.8 Å². The molecule has 0 radical (unpaired) electrons. The van der Waals surface area contributed by atoms with Gasteiger partial charge in [0.25, 0.3) is 0 Å². The number of guanidine groups is 1. The van der Waals surface area contributed by atoms with Gasteiger partial charge < -0.3 is 15.4 Å². The van der Waals surface area contributed by atoms with Gasteiger partial charge in [-0.1, -0.05) is 0 Å². The molecular formula is C19H28N6O. The largest absolute Gasteiger partial charge is 0.474 e. The Bertz CT molecular complexity index is 720. The summed E-state index contributed by atoms with van der Waals surface area (Å²) in [4.78, 5) is 9.00. The van der Waals surface area contributed by atoms with Gasteiger partial charge in [-0.3, -0.25) is 4.68 Å². The number of hydrogen-bond donors (Lipinski definition) is 2. The Kier molecular flexibility index (Phi) is 6.46. The summed E-state index contributed by atoms with van der Waals surface area (Å²) in [6, 6.07) is 5.97. The van der Waals surface area contributed by atoms with Crippen LogP contribution in [-0.4, -0.2) is 33.4 Å². The van der Waals surface area contributed by atoms with E-state index in [1.54, 1.807) is 12.4 Å². The van der Waals surface area contributed by atoms with Crippen LogP contribution in [0.15, 0.2) is 35.6 Å². The molecule has 0 bridgehead atoms. The summed E-state index contributed by atoms with van der Waals surface area (Å²) in [7, 11) is 1.93. The molecule has 1 aliphatic rings. The molecule has 0 aromatic carbocycles.